The van der Waals surface area contributed by atoms with Gasteiger partial charge in [-0.3, -0.25) is 10.2 Å². The number of fused-ring (bicyclic) bond motifs is 1. The van der Waals surface area contributed by atoms with Gasteiger partial charge in [-0.25, -0.2) is 4.99 Å². The van der Waals surface area contributed by atoms with E-state index in [-0.39, 0.29) is 5.60 Å². The molecule has 0 radical (unpaired) electrons. The van der Waals surface area contributed by atoms with Crippen molar-refractivity contribution in [1.29, 1.82) is 0 Å². The number of amidine groups is 1. The Kier molecular flexibility index (Phi) is 2.01. The topological polar surface area (TPSA) is 62.6 Å². The van der Waals surface area contributed by atoms with E-state index in [1.54, 1.807) is 0 Å². The number of nitrogens with zero attached hydrogens (tertiary/aromatic N) is 4. The highest BCUT2D eigenvalue weighted by Gasteiger charge is 2.77. The Hall–Kier alpha value is -1.21. The van der Waals surface area contributed by atoms with Crippen LogP contribution in [0.4, 0.5) is 5.82 Å². The summed E-state index contributed by atoms with van der Waals surface area (Å²) in [4.78, 5) is 7.12. The Morgan fingerprint density at radius 1 is 1.40 bits per heavy atom. The summed E-state index contributed by atoms with van der Waals surface area (Å²) in [7, 11) is 0. The molecular weight excluding hydrogens is 322 g/mol. The van der Waals surface area contributed by atoms with Crippen molar-refractivity contribution in [1.82, 2.24) is 15.1 Å². The van der Waals surface area contributed by atoms with Gasteiger partial charge in [0.15, 0.2) is 5.82 Å². The van der Waals surface area contributed by atoms with Gasteiger partial charge in [0.05, 0.1) is 6.54 Å². The highest BCUT2D eigenvalue weighted by molar-refractivity contribution is 9.10. The largest absolute Gasteiger partial charge is 0.455 e. The van der Waals surface area contributed by atoms with E-state index < -0.39 is 0 Å². The van der Waals surface area contributed by atoms with Gasteiger partial charge in [-0.05, 0) is 40.9 Å². The molecule has 6 nitrogen and oxygen atoms in total. The Labute approximate surface area is 124 Å². The van der Waals surface area contributed by atoms with Crippen molar-refractivity contribution in [2.75, 3.05) is 25.0 Å². The highest BCUT2D eigenvalue weighted by Crippen LogP contribution is 2.67. The molecule has 1 saturated carbocycles. The predicted octanol–water partition coefficient (Wildman–Crippen LogP) is 1.25. The Balaban J connectivity index is 1.32. The summed E-state index contributed by atoms with van der Waals surface area (Å²) in [6.45, 7) is 3.02. The molecule has 2 spiro atoms. The van der Waals surface area contributed by atoms with Crippen molar-refractivity contribution >= 4 is 27.8 Å². The van der Waals surface area contributed by atoms with Crippen LogP contribution >= 0.6 is 15.9 Å². The molecule has 3 fully saturated rings. The van der Waals surface area contributed by atoms with Gasteiger partial charge in [0.25, 0.3) is 6.02 Å². The summed E-state index contributed by atoms with van der Waals surface area (Å²) in [5.41, 5.74) is 0.407. The molecule has 5 rings (SSSR count). The fourth-order valence-electron chi connectivity index (χ4n) is 4.11. The lowest BCUT2D eigenvalue weighted by Gasteiger charge is -2.39. The predicted molar refractivity (Wildman–Crippen MR) is 76.5 cm³/mol. The van der Waals surface area contributed by atoms with Crippen LogP contribution in [0.3, 0.4) is 0 Å². The number of anilines is 1. The third-order valence-electron chi connectivity index (χ3n) is 5.24. The molecule has 2 unspecified atom stereocenters. The molecule has 1 aromatic heterocycles. The lowest BCUT2D eigenvalue weighted by molar-refractivity contribution is 0.0433. The molecule has 0 aromatic carbocycles. The molecule has 0 amide bonds. The van der Waals surface area contributed by atoms with Crippen LogP contribution in [0.5, 0.6) is 0 Å². The first-order chi connectivity index (χ1) is 9.70. The zero-order valence-corrected chi connectivity index (χ0v) is 12.4. The zero-order chi connectivity index (χ0) is 13.4. The minimum Gasteiger partial charge on any atom is -0.455 e. The summed E-state index contributed by atoms with van der Waals surface area (Å²) in [6.07, 6.45) is 2.62. The van der Waals surface area contributed by atoms with Crippen LogP contribution in [0.1, 0.15) is 12.8 Å². The third-order valence-corrected chi connectivity index (χ3v) is 5.66. The number of hydrogen-bond acceptors (Lipinski definition) is 6. The normalized spacial score (nSPS) is 40.6. The second-order valence-corrected chi connectivity index (χ2v) is 7.00. The summed E-state index contributed by atoms with van der Waals surface area (Å²) >= 11 is 3.27. The quantitative estimate of drug-likeness (QED) is 0.836. The van der Waals surface area contributed by atoms with E-state index in [4.69, 9.17) is 4.74 Å². The number of aliphatic imine (C=N–C) groups is 1. The lowest BCUT2D eigenvalue weighted by atomic mass is 9.98. The first-order valence-electron chi connectivity index (χ1n) is 6.95. The summed E-state index contributed by atoms with van der Waals surface area (Å²) in [6, 6.07) is 4.29. The number of nitrogens with one attached hydrogen (secondary N) is 1. The average molecular weight is 336 g/mol. The van der Waals surface area contributed by atoms with Gasteiger partial charge >= 0.3 is 0 Å². The van der Waals surface area contributed by atoms with E-state index in [0.717, 1.165) is 13.1 Å². The van der Waals surface area contributed by atoms with E-state index in [1.807, 2.05) is 12.1 Å². The number of piperidine rings is 1. The number of aromatic nitrogens is 2. The van der Waals surface area contributed by atoms with Crippen molar-refractivity contribution in [3.05, 3.63) is 16.7 Å². The van der Waals surface area contributed by atoms with Gasteiger partial charge in [-0.15, -0.1) is 10.2 Å². The second-order valence-electron chi connectivity index (χ2n) is 6.19. The Morgan fingerprint density at radius 3 is 2.95 bits per heavy atom. The van der Waals surface area contributed by atoms with Crippen molar-refractivity contribution in [2.24, 2.45) is 10.9 Å². The minimum atomic E-state index is -0.0817. The maximum absolute atomic E-state index is 6.19. The van der Waals surface area contributed by atoms with Gasteiger partial charge in [0.1, 0.15) is 10.2 Å². The minimum absolute atomic E-state index is 0.0817. The summed E-state index contributed by atoms with van der Waals surface area (Å²) in [5, 5.41) is 11.1. The van der Waals surface area contributed by atoms with Crippen LogP contribution in [-0.2, 0) is 4.74 Å². The van der Waals surface area contributed by atoms with E-state index in [9.17, 15) is 0 Å². The van der Waals surface area contributed by atoms with Crippen LogP contribution in [0.2, 0.25) is 0 Å². The van der Waals surface area contributed by atoms with Gasteiger partial charge in [-0.2, -0.15) is 0 Å². The molecule has 2 saturated heterocycles. The first kappa shape index (κ1) is 11.4. The standard InChI is InChI=1S/C13H14BrN5O/c14-9-1-2-10(18-17-9)16-11-15-6-13(20-11)7-19-4-3-12(19)5-8(12)13/h1-2,8H,3-7H2,(H,15,16,18)/t8?,12?,13-/m0/s1. The van der Waals surface area contributed by atoms with E-state index in [1.165, 1.54) is 19.4 Å². The van der Waals surface area contributed by atoms with E-state index in [0.29, 0.717) is 27.9 Å². The summed E-state index contributed by atoms with van der Waals surface area (Å²) in [5.74, 6) is 1.33. The Morgan fingerprint density at radius 2 is 2.35 bits per heavy atom. The van der Waals surface area contributed by atoms with Crippen LogP contribution < -0.4 is 5.32 Å². The fourth-order valence-corrected chi connectivity index (χ4v) is 4.32. The molecular formula is C13H14BrN5O. The average Bonchev–Trinajstić information content (AvgIpc) is 3.07. The molecule has 20 heavy (non-hydrogen) atoms. The van der Waals surface area contributed by atoms with Gasteiger partial charge in [0.2, 0.25) is 0 Å². The van der Waals surface area contributed by atoms with Crippen molar-refractivity contribution in [3.63, 3.8) is 0 Å². The Bertz CT molecular complexity index is 620. The molecule has 7 heteroatoms. The maximum atomic E-state index is 6.19. The number of ether oxygens (including phenoxy) is 1. The first-order valence-corrected chi connectivity index (χ1v) is 7.74. The second kappa shape index (κ2) is 3.51. The van der Waals surface area contributed by atoms with E-state index >= 15 is 0 Å². The molecule has 3 aliphatic heterocycles. The van der Waals surface area contributed by atoms with E-state index in [2.05, 4.69) is 41.3 Å². The molecule has 3 atom stereocenters. The molecule has 4 heterocycles. The number of rotatable bonds is 1. The fraction of sp³-hybridized carbons (Fsp3) is 0.615. The van der Waals surface area contributed by atoms with Crippen LogP contribution in [0.15, 0.2) is 21.7 Å². The third kappa shape index (κ3) is 1.34. The van der Waals surface area contributed by atoms with Gasteiger partial charge < -0.3 is 4.74 Å². The maximum Gasteiger partial charge on any atom is 0.291 e. The molecule has 4 aliphatic rings. The SMILES string of the molecule is Brc1ccc(NC2=NC[C@@]3(CN4CCC45CC53)O2)nn1. The van der Waals surface area contributed by atoms with Crippen LogP contribution in [0.25, 0.3) is 0 Å². The van der Waals surface area contributed by atoms with Crippen LogP contribution in [-0.4, -0.2) is 51.9 Å². The van der Waals surface area contributed by atoms with Crippen molar-refractivity contribution in [3.8, 4) is 0 Å². The monoisotopic (exact) mass is 335 g/mol. The van der Waals surface area contributed by atoms with Gasteiger partial charge in [-0.1, -0.05) is 0 Å². The van der Waals surface area contributed by atoms with Crippen molar-refractivity contribution < 1.29 is 4.74 Å². The van der Waals surface area contributed by atoms with Gasteiger partial charge in [0, 0.05) is 24.5 Å². The molecule has 104 valence electrons. The van der Waals surface area contributed by atoms with Crippen LogP contribution in [0, 0.1) is 5.92 Å². The molecule has 1 aliphatic carbocycles. The van der Waals surface area contributed by atoms with Crippen molar-refractivity contribution in [2.45, 2.75) is 24.0 Å². The summed E-state index contributed by atoms with van der Waals surface area (Å²) < 4.78 is 6.91. The molecule has 0 bridgehead atoms. The number of halogens is 1. The smallest absolute Gasteiger partial charge is 0.291 e. The molecule has 1 aromatic rings. The lowest BCUT2D eigenvalue weighted by Crippen LogP contribution is -2.49. The highest BCUT2D eigenvalue weighted by atomic mass is 79.9. The molecule has 1 N–H and O–H groups in total. The zero-order valence-electron chi connectivity index (χ0n) is 10.8. The number of hydrogen-bond donors (Lipinski definition) is 1.